The van der Waals surface area contributed by atoms with Crippen molar-refractivity contribution in [1.82, 2.24) is 15.1 Å². The number of amides is 2. The smallest absolute Gasteiger partial charge is 0.254 e. The number of aryl methyl sites for hydroxylation is 1. The molecule has 2 aromatic carbocycles. The van der Waals surface area contributed by atoms with Crippen LogP contribution in [0.4, 0.5) is 5.69 Å². The van der Waals surface area contributed by atoms with Crippen LogP contribution in [0.5, 0.6) is 0 Å². The number of hydrogen-bond acceptors (Lipinski definition) is 4. The fourth-order valence-corrected chi connectivity index (χ4v) is 3.44. The molecule has 0 radical (unpaired) electrons. The fraction of sp³-hybridized carbons (Fsp3) is 0.391. The molecule has 0 saturated carbocycles. The second kappa shape index (κ2) is 9.67. The predicted molar refractivity (Wildman–Crippen MR) is 116 cm³/mol. The number of anilines is 1. The zero-order valence-corrected chi connectivity index (χ0v) is 17.5. The first kappa shape index (κ1) is 21.0. The molecule has 0 bridgehead atoms. The summed E-state index contributed by atoms with van der Waals surface area (Å²) in [5, 5.41) is 6.24. The molecule has 29 heavy (non-hydrogen) atoms. The Morgan fingerprint density at radius 1 is 0.931 bits per heavy atom. The molecular weight excluding hydrogens is 364 g/mol. The second-order valence-electron chi connectivity index (χ2n) is 7.78. The van der Waals surface area contributed by atoms with Gasteiger partial charge >= 0.3 is 0 Å². The predicted octanol–water partition coefficient (Wildman–Crippen LogP) is 2.63. The van der Waals surface area contributed by atoms with Crippen LogP contribution < -0.4 is 10.6 Å². The van der Waals surface area contributed by atoms with Gasteiger partial charge in [0.2, 0.25) is 5.91 Å². The Morgan fingerprint density at radius 3 is 2.24 bits per heavy atom. The van der Waals surface area contributed by atoms with Gasteiger partial charge in [-0.15, -0.1) is 0 Å². The summed E-state index contributed by atoms with van der Waals surface area (Å²) in [5.74, 6) is -0.127. The number of nitrogens with one attached hydrogen (secondary N) is 2. The topological polar surface area (TPSA) is 64.7 Å². The number of carbonyl (C=O) groups excluding carboxylic acids is 2. The van der Waals surface area contributed by atoms with Crippen molar-refractivity contribution >= 4 is 17.5 Å². The minimum atomic E-state index is -0.146. The summed E-state index contributed by atoms with van der Waals surface area (Å²) in [4.78, 5) is 28.6. The van der Waals surface area contributed by atoms with Crippen molar-refractivity contribution in [1.29, 1.82) is 0 Å². The van der Waals surface area contributed by atoms with E-state index in [0.717, 1.165) is 38.3 Å². The number of benzene rings is 2. The van der Waals surface area contributed by atoms with Gasteiger partial charge in [-0.3, -0.25) is 9.59 Å². The van der Waals surface area contributed by atoms with Crippen LogP contribution in [0.2, 0.25) is 0 Å². The Kier molecular flexibility index (Phi) is 7.01. The maximum absolute atomic E-state index is 13.0. The minimum Gasteiger partial charge on any atom is -0.336 e. The average Bonchev–Trinajstić information content (AvgIpc) is 2.69. The van der Waals surface area contributed by atoms with Crippen molar-refractivity contribution < 1.29 is 9.59 Å². The van der Waals surface area contributed by atoms with Crippen LogP contribution in [0.1, 0.15) is 34.0 Å². The maximum atomic E-state index is 13.0. The molecule has 2 N–H and O–H groups in total. The standard InChI is InChI=1S/C23H30N4O2/c1-17-4-6-19(7-5-17)15-24-16-20-12-21(14-22(13-20)25-18(2)28)23(29)27-10-8-26(3)9-11-27/h4-7,12-14,24H,8-11,15-16H2,1-3H3,(H,25,28). The van der Waals surface area contributed by atoms with E-state index in [1.807, 2.05) is 17.0 Å². The van der Waals surface area contributed by atoms with E-state index in [1.165, 1.54) is 18.1 Å². The molecule has 1 fully saturated rings. The summed E-state index contributed by atoms with van der Waals surface area (Å²) >= 11 is 0. The highest BCUT2D eigenvalue weighted by Gasteiger charge is 2.21. The monoisotopic (exact) mass is 394 g/mol. The van der Waals surface area contributed by atoms with Crippen molar-refractivity contribution in [2.24, 2.45) is 0 Å². The molecule has 6 nitrogen and oxygen atoms in total. The van der Waals surface area contributed by atoms with Gasteiger partial charge < -0.3 is 20.4 Å². The van der Waals surface area contributed by atoms with Gasteiger partial charge in [0.15, 0.2) is 0 Å². The number of rotatable bonds is 6. The number of nitrogens with zero attached hydrogens (tertiary/aromatic N) is 2. The Hall–Kier alpha value is -2.70. The molecule has 0 unspecified atom stereocenters. The highest BCUT2D eigenvalue weighted by molar-refractivity contribution is 5.97. The number of piperazine rings is 1. The lowest BCUT2D eigenvalue weighted by atomic mass is 10.1. The van der Waals surface area contributed by atoms with E-state index in [2.05, 4.69) is 53.8 Å². The fourth-order valence-electron chi connectivity index (χ4n) is 3.44. The average molecular weight is 395 g/mol. The third-order valence-electron chi connectivity index (χ3n) is 5.13. The van der Waals surface area contributed by atoms with Gasteiger partial charge in [-0.05, 0) is 43.3 Å². The van der Waals surface area contributed by atoms with E-state index >= 15 is 0 Å². The van der Waals surface area contributed by atoms with E-state index in [4.69, 9.17) is 0 Å². The zero-order chi connectivity index (χ0) is 20.8. The molecule has 1 heterocycles. The van der Waals surface area contributed by atoms with Crippen molar-refractivity contribution in [3.8, 4) is 0 Å². The van der Waals surface area contributed by atoms with Crippen LogP contribution in [0.15, 0.2) is 42.5 Å². The van der Waals surface area contributed by atoms with Crippen LogP contribution in [0.25, 0.3) is 0 Å². The Morgan fingerprint density at radius 2 is 1.59 bits per heavy atom. The normalized spacial score (nSPS) is 14.7. The van der Waals surface area contributed by atoms with Crippen LogP contribution >= 0.6 is 0 Å². The molecule has 0 aromatic heterocycles. The maximum Gasteiger partial charge on any atom is 0.254 e. The molecule has 0 aliphatic carbocycles. The lowest BCUT2D eigenvalue weighted by molar-refractivity contribution is -0.114. The summed E-state index contributed by atoms with van der Waals surface area (Å²) < 4.78 is 0. The molecule has 1 aliphatic rings. The van der Waals surface area contributed by atoms with E-state index in [-0.39, 0.29) is 11.8 Å². The first-order chi connectivity index (χ1) is 13.9. The molecule has 1 aliphatic heterocycles. The Labute approximate surface area is 172 Å². The van der Waals surface area contributed by atoms with E-state index in [0.29, 0.717) is 17.8 Å². The van der Waals surface area contributed by atoms with Crippen LogP contribution in [0.3, 0.4) is 0 Å². The van der Waals surface area contributed by atoms with Crippen LogP contribution in [0, 0.1) is 6.92 Å². The Bertz CT molecular complexity index is 856. The molecular formula is C23H30N4O2. The van der Waals surface area contributed by atoms with Crippen molar-refractivity contribution in [2.45, 2.75) is 26.9 Å². The summed E-state index contributed by atoms with van der Waals surface area (Å²) in [6, 6.07) is 14.0. The largest absolute Gasteiger partial charge is 0.336 e. The summed E-state index contributed by atoms with van der Waals surface area (Å²) in [7, 11) is 2.07. The zero-order valence-electron chi connectivity index (χ0n) is 17.5. The van der Waals surface area contributed by atoms with Crippen molar-refractivity contribution in [3.05, 3.63) is 64.7 Å². The molecule has 0 atom stereocenters. The van der Waals surface area contributed by atoms with Gasteiger partial charge in [0.05, 0.1) is 0 Å². The summed E-state index contributed by atoms with van der Waals surface area (Å²) in [5.41, 5.74) is 4.70. The van der Waals surface area contributed by atoms with Crippen molar-refractivity contribution in [3.63, 3.8) is 0 Å². The van der Waals surface area contributed by atoms with Gasteiger partial charge in [-0.1, -0.05) is 29.8 Å². The molecule has 0 spiro atoms. The number of likely N-dealkylation sites (N-methyl/N-ethyl adjacent to an activating group) is 1. The van der Waals surface area contributed by atoms with Crippen molar-refractivity contribution in [2.75, 3.05) is 38.5 Å². The number of hydrogen-bond donors (Lipinski definition) is 2. The van der Waals surface area contributed by atoms with Crippen LogP contribution in [-0.4, -0.2) is 54.8 Å². The number of carbonyl (C=O) groups is 2. The second-order valence-corrected chi connectivity index (χ2v) is 7.78. The molecule has 6 heteroatoms. The highest BCUT2D eigenvalue weighted by atomic mass is 16.2. The van der Waals surface area contributed by atoms with E-state index in [1.54, 1.807) is 6.07 Å². The molecule has 2 aromatic rings. The molecule has 154 valence electrons. The first-order valence-electron chi connectivity index (χ1n) is 10.1. The third kappa shape index (κ3) is 6.14. The molecule has 1 saturated heterocycles. The lowest BCUT2D eigenvalue weighted by Crippen LogP contribution is -2.47. The SMILES string of the molecule is CC(=O)Nc1cc(CNCc2ccc(C)cc2)cc(C(=O)N2CCN(C)CC2)c1. The Balaban J connectivity index is 1.71. The first-order valence-corrected chi connectivity index (χ1v) is 10.1. The van der Waals surface area contributed by atoms with Gasteiger partial charge in [-0.2, -0.15) is 0 Å². The highest BCUT2D eigenvalue weighted by Crippen LogP contribution is 2.18. The van der Waals surface area contributed by atoms with Gasteiger partial charge in [0, 0.05) is 57.4 Å². The van der Waals surface area contributed by atoms with E-state index in [9.17, 15) is 9.59 Å². The van der Waals surface area contributed by atoms with Gasteiger partial charge in [0.25, 0.3) is 5.91 Å². The third-order valence-corrected chi connectivity index (χ3v) is 5.13. The molecule has 2 amide bonds. The summed E-state index contributed by atoms with van der Waals surface area (Å²) in [6.07, 6.45) is 0. The van der Waals surface area contributed by atoms with Crippen LogP contribution in [-0.2, 0) is 17.9 Å². The minimum absolute atomic E-state index is 0.0186. The lowest BCUT2D eigenvalue weighted by Gasteiger charge is -2.32. The molecule has 3 rings (SSSR count). The quantitative estimate of drug-likeness (QED) is 0.791. The van der Waals surface area contributed by atoms with E-state index < -0.39 is 0 Å². The van der Waals surface area contributed by atoms with Gasteiger partial charge in [-0.25, -0.2) is 0 Å². The van der Waals surface area contributed by atoms with Gasteiger partial charge in [0.1, 0.15) is 0 Å². The summed E-state index contributed by atoms with van der Waals surface area (Å²) in [6.45, 7) is 8.11.